The van der Waals surface area contributed by atoms with Crippen molar-refractivity contribution in [2.24, 2.45) is 17.6 Å². The molecule has 1 fully saturated rings. The van der Waals surface area contributed by atoms with Gasteiger partial charge in [-0.25, -0.2) is 4.98 Å². The zero-order valence-corrected chi connectivity index (χ0v) is 20.9. The van der Waals surface area contributed by atoms with Crippen molar-refractivity contribution < 1.29 is 39.5 Å². The van der Waals surface area contributed by atoms with Crippen molar-refractivity contribution in [2.45, 2.75) is 24.5 Å². The van der Waals surface area contributed by atoms with Gasteiger partial charge in [0, 0.05) is 29.3 Å². The second-order valence-corrected chi connectivity index (χ2v) is 10.0. The van der Waals surface area contributed by atoms with Crippen LogP contribution < -0.4 is 10.5 Å². The molecule has 0 aliphatic heterocycles. The van der Waals surface area contributed by atoms with E-state index >= 15 is 0 Å². The Bertz CT molecular complexity index is 1460. The molecule has 1 aromatic carbocycles. The normalized spacial score (nSPS) is 26.7. The lowest BCUT2D eigenvalue weighted by atomic mass is 9.57. The molecule has 1 saturated carbocycles. The van der Waals surface area contributed by atoms with Gasteiger partial charge in [0.1, 0.15) is 22.8 Å². The maximum absolute atomic E-state index is 13.9. The summed E-state index contributed by atoms with van der Waals surface area (Å²) in [4.78, 5) is 44.8. The maximum atomic E-state index is 13.9. The fourth-order valence-electron chi connectivity index (χ4n) is 6.17. The summed E-state index contributed by atoms with van der Waals surface area (Å²) in [6.07, 6.45) is 1.79. The molecule has 4 atom stereocenters. The SMILES string of the molecule is COc1ccc(-c2ccc(O)c3c2C[C@@H]2C[C@@H]4[C@@H](N(C)C)C(=O)C(C(N)=O)=C(O)[C@]4(O)C(=O)C2=C3O)cn1. The van der Waals surface area contributed by atoms with Crippen molar-refractivity contribution in [3.8, 4) is 22.8 Å². The lowest BCUT2D eigenvalue weighted by molar-refractivity contribution is -0.153. The predicted molar refractivity (Wildman–Crippen MR) is 134 cm³/mol. The number of likely N-dealkylation sites (N-methyl/N-ethyl adjacent to an activating group) is 1. The van der Waals surface area contributed by atoms with Gasteiger partial charge in [-0.1, -0.05) is 6.07 Å². The maximum Gasteiger partial charge on any atom is 0.255 e. The van der Waals surface area contributed by atoms with Crippen molar-refractivity contribution in [1.82, 2.24) is 9.88 Å². The predicted octanol–water partition coefficient (Wildman–Crippen LogP) is 1.03. The van der Waals surface area contributed by atoms with Crippen LogP contribution in [0.5, 0.6) is 11.6 Å². The van der Waals surface area contributed by atoms with E-state index in [9.17, 15) is 34.8 Å². The van der Waals surface area contributed by atoms with Crippen LogP contribution in [-0.2, 0) is 20.8 Å². The number of aliphatic hydroxyl groups is 3. The van der Waals surface area contributed by atoms with Crippen molar-refractivity contribution in [3.05, 3.63) is 58.5 Å². The number of carbonyl (C=O) groups excluding carboxylic acids is 3. The van der Waals surface area contributed by atoms with Gasteiger partial charge in [0.05, 0.1) is 18.7 Å². The molecule has 6 N–H and O–H groups in total. The molecule has 0 radical (unpaired) electrons. The molecular formula is C27H27N3O8. The van der Waals surface area contributed by atoms with Gasteiger partial charge in [0.15, 0.2) is 11.4 Å². The number of aromatic nitrogens is 1. The van der Waals surface area contributed by atoms with E-state index in [4.69, 9.17) is 10.5 Å². The number of primary amides is 1. The van der Waals surface area contributed by atoms with Crippen molar-refractivity contribution in [3.63, 3.8) is 0 Å². The van der Waals surface area contributed by atoms with Gasteiger partial charge in [-0.15, -0.1) is 0 Å². The fraction of sp³-hybridized carbons (Fsp3) is 0.333. The number of ether oxygens (including phenoxy) is 1. The second-order valence-electron chi connectivity index (χ2n) is 10.0. The van der Waals surface area contributed by atoms with Crippen LogP contribution in [0.15, 0.2) is 47.4 Å². The van der Waals surface area contributed by atoms with E-state index in [1.54, 1.807) is 38.5 Å². The minimum absolute atomic E-state index is 0.0156. The number of fused-ring (bicyclic) bond motifs is 3. The van der Waals surface area contributed by atoms with Crippen LogP contribution in [0.3, 0.4) is 0 Å². The molecule has 11 heteroatoms. The fourth-order valence-corrected chi connectivity index (χ4v) is 6.17. The minimum Gasteiger partial charge on any atom is -0.508 e. The van der Waals surface area contributed by atoms with Gasteiger partial charge < -0.3 is 30.9 Å². The van der Waals surface area contributed by atoms with Crippen LogP contribution in [0.4, 0.5) is 0 Å². The number of hydrogen-bond donors (Lipinski definition) is 5. The number of carbonyl (C=O) groups is 3. The van der Waals surface area contributed by atoms with E-state index < -0.39 is 58.0 Å². The number of ketones is 2. The highest BCUT2D eigenvalue weighted by Gasteiger charge is 2.64. The Kier molecular flexibility index (Phi) is 5.80. The van der Waals surface area contributed by atoms with Gasteiger partial charge in [0.2, 0.25) is 11.7 Å². The van der Waals surface area contributed by atoms with Crippen molar-refractivity contribution in [2.75, 3.05) is 21.2 Å². The molecule has 5 rings (SSSR count). The third-order valence-electron chi connectivity index (χ3n) is 7.86. The highest BCUT2D eigenvalue weighted by atomic mass is 16.5. The summed E-state index contributed by atoms with van der Waals surface area (Å²) in [7, 11) is 4.60. The third-order valence-corrected chi connectivity index (χ3v) is 7.86. The van der Waals surface area contributed by atoms with Crippen molar-refractivity contribution >= 4 is 23.2 Å². The first-order chi connectivity index (χ1) is 17.9. The summed E-state index contributed by atoms with van der Waals surface area (Å²) in [5, 5.41) is 44.6. The molecule has 3 aliphatic rings. The Morgan fingerprint density at radius 3 is 2.45 bits per heavy atom. The summed E-state index contributed by atoms with van der Waals surface area (Å²) < 4.78 is 5.12. The Balaban J connectivity index is 1.72. The zero-order valence-electron chi connectivity index (χ0n) is 20.9. The molecular weight excluding hydrogens is 494 g/mol. The Labute approximate surface area is 217 Å². The van der Waals surface area contributed by atoms with Gasteiger partial charge in [-0.2, -0.15) is 0 Å². The average molecular weight is 522 g/mol. The number of aromatic hydroxyl groups is 1. The van der Waals surface area contributed by atoms with Crippen LogP contribution in [-0.4, -0.2) is 80.6 Å². The van der Waals surface area contributed by atoms with Gasteiger partial charge in [-0.3, -0.25) is 19.3 Å². The quantitative estimate of drug-likeness (QED) is 0.364. The van der Waals surface area contributed by atoms with Gasteiger partial charge >= 0.3 is 0 Å². The lowest BCUT2D eigenvalue weighted by Gasteiger charge is -2.50. The number of phenolic OH excluding ortho intramolecular Hbond substituents is 1. The Morgan fingerprint density at radius 2 is 1.87 bits per heavy atom. The van der Waals surface area contributed by atoms with Crippen LogP contribution in [0.2, 0.25) is 0 Å². The Hall–Kier alpha value is -4.22. The molecule has 1 aromatic heterocycles. The molecule has 1 heterocycles. The highest BCUT2D eigenvalue weighted by molar-refractivity contribution is 6.24. The number of benzene rings is 1. The number of amides is 1. The number of nitrogens with zero attached hydrogens (tertiary/aromatic N) is 2. The smallest absolute Gasteiger partial charge is 0.255 e. The summed E-state index contributed by atoms with van der Waals surface area (Å²) in [6, 6.07) is 5.36. The molecule has 3 aliphatic carbocycles. The minimum atomic E-state index is -2.67. The first kappa shape index (κ1) is 25.4. The summed E-state index contributed by atoms with van der Waals surface area (Å²) >= 11 is 0. The van der Waals surface area contributed by atoms with E-state index in [1.165, 1.54) is 18.1 Å². The molecule has 0 bridgehead atoms. The second kappa shape index (κ2) is 8.67. The number of rotatable bonds is 4. The lowest BCUT2D eigenvalue weighted by Crippen LogP contribution is -2.65. The molecule has 1 amide bonds. The van der Waals surface area contributed by atoms with Crippen LogP contribution in [0.1, 0.15) is 17.5 Å². The number of Topliss-reactive ketones (excluding diaryl/α,β-unsaturated/α-hetero) is 2. The molecule has 11 nitrogen and oxygen atoms in total. The summed E-state index contributed by atoms with van der Waals surface area (Å²) in [5.74, 6) is -6.44. The first-order valence-electron chi connectivity index (χ1n) is 11.9. The van der Waals surface area contributed by atoms with Crippen molar-refractivity contribution in [1.29, 1.82) is 0 Å². The van der Waals surface area contributed by atoms with E-state index in [0.29, 0.717) is 22.6 Å². The summed E-state index contributed by atoms with van der Waals surface area (Å²) in [5.41, 5.74) is 3.56. The zero-order chi connectivity index (χ0) is 27.7. The topological polar surface area (TPSA) is 184 Å². The number of pyridine rings is 1. The van der Waals surface area contributed by atoms with E-state index in [2.05, 4.69) is 4.98 Å². The first-order valence-corrected chi connectivity index (χ1v) is 11.9. The van der Waals surface area contributed by atoms with Crippen LogP contribution >= 0.6 is 0 Å². The molecule has 0 saturated heterocycles. The van der Waals surface area contributed by atoms with Gasteiger partial charge in [0.25, 0.3) is 5.91 Å². The van der Waals surface area contributed by atoms with E-state index in [-0.39, 0.29) is 29.7 Å². The molecule has 0 unspecified atom stereocenters. The molecule has 198 valence electrons. The highest BCUT2D eigenvalue weighted by Crippen LogP contribution is 2.53. The summed E-state index contributed by atoms with van der Waals surface area (Å²) in [6.45, 7) is 0. The molecule has 38 heavy (non-hydrogen) atoms. The monoisotopic (exact) mass is 521 g/mol. The van der Waals surface area contributed by atoms with Crippen LogP contribution in [0, 0.1) is 11.8 Å². The largest absolute Gasteiger partial charge is 0.508 e. The molecule has 2 aromatic rings. The number of methoxy groups -OCH3 is 1. The van der Waals surface area contributed by atoms with Crippen LogP contribution in [0.25, 0.3) is 16.9 Å². The number of aliphatic hydroxyl groups excluding tert-OH is 2. The number of hydrogen-bond acceptors (Lipinski definition) is 10. The molecule has 0 spiro atoms. The Morgan fingerprint density at radius 1 is 1.16 bits per heavy atom. The standard InChI is InChI=1S/C27H27N3O8/c1-30(2)21-15-9-12-8-14-13(11-4-7-17(38-3)29-10-11)5-6-16(31)19(14)22(32)18(12)24(34)27(15,37)25(35)20(23(21)33)26(28)36/h4-7,10,12,15,21,31-32,35,37H,8-9H2,1-3H3,(H2,28,36)/t12-,15-,21-,27-/m1/s1. The van der Waals surface area contributed by atoms with E-state index in [1.807, 2.05) is 0 Å². The third kappa shape index (κ3) is 3.35. The average Bonchev–Trinajstić information content (AvgIpc) is 2.86. The number of phenols is 1. The van der Waals surface area contributed by atoms with Gasteiger partial charge in [-0.05, 0) is 56.1 Å². The number of nitrogens with two attached hydrogens (primary N) is 1. The van der Waals surface area contributed by atoms with E-state index in [0.717, 1.165) is 0 Å².